The van der Waals surface area contributed by atoms with Crippen LogP contribution in [-0.4, -0.2) is 18.0 Å². The SMILES string of the molecule is Cc1c2c3c4c5c1Oc1ccc6ccccc6c1B5c1cccc5c6cccc(c6n-4c15)B3c1ccc3ccccc3c1O2. The van der Waals surface area contributed by atoms with E-state index in [2.05, 4.69) is 121 Å². The third-order valence-corrected chi connectivity index (χ3v) is 10.8. The van der Waals surface area contributed by atoms with Gasteiger partial charge in [0.2, 0.25) is 0 Å². The minimum atomic E-state index is 0.0552. The smallest absolute Gasteiger partial charge is 0.257 e. The molecule has 5 heteroatoms. The Labute approximate surface area is 253 Å². The maximum atomic E-state index is 7.11. The van der Waals surface area contributed by atoms with E-state index >= 15 is 0 Å². The molecule has 3 nitrogen and oxygen atoms in total. The highest BCUT2D eigenvalue weighted by Gasteiger charge is 2.50. The number of benzene rings is 7. The molecule has 0 saturated carbocycles. The topological polar surface area (TPSA) is 23.4 Å². The summed E-state index contributed by atoms with van der Waals surface area (Å²) in [6.45, 7) is 2.31. The van der Waals surface area contributed by atoms with Gasteiger partial charge in [-0.3, -0.25) is 0 Å². The van der Waals surface area contributed by atoms with Gasteiger partial charge in [-0.1, -0.05) is 103 Å². The first-order chi connectivity index (χ1) is 21.8. The van der Waals surface area contributed by atoms with Crippen molar-refractivity contribution in [1.82, 2.24) is 4.57 Å². The number of nitrogens with zero attached hydrogens (tertiary/aromatic N) is 1. The van der Waals surface area contributed by atoms with Gasteiger partial charge in [0.25, 0.3) is 13.4 Å². The van der Waals surface area contributed by atoms with Crippen LogP contribution in [0.15, 0.2) is 109 Å². The Morgan fingerprint density at radius 3 is 1.89 bits per heavy atom. The Morgan fingerprint density at radius 2 is 1.09 bits per heavy atom. The molecule has 0 aliphatic carbocycles. The number of para-hydroxylation sites is 2. The molecule has 0 atom stereocenters. The second-order valence-corrected chi connectivity index (χ2v) is 12.8. The van der Waals surface area contributed by atoms with E-state index in [0.29, 0.717) is 0 Å². The zero-order valence-electron chi connectivity index (χ0n) is 23.8. The van der Waals surface area contributed by atoms with Gasteiger partial charge in [0.05, 0.1) is 0 Å². The van der Waals surface area contributed by atoms with Crippen LogP contribution in [0.1, 0.15) is 5.56 Å². The Morgan fingerprint density at radius 1 is 0.477 bits per heavy atom. The molecule has 0 fully saturated rings. The van der Waals surface area contributed by atoms with E-state index in [1.807, 2.05) is 0 Å². The summed E-state index contributed by atoms with van der Waals surface area (Å²) in [5.41, 5.74) is 12.7. The molecule has 0 radical (unpaired) electrons. The molecule has 0 N–H and O–H groups in total. The van der Waals surface area contributed by atoms with Gasteiger partial charge in [-0.2, -0.15) is 0 Å². The summed E-state index contributed by atoms with van der Waals surface area (Å²) in [6, 6.07) is 40.0. The van der Waals surface area contributed by atoms with E-state index in [0.717, 1.165) is 33.9 Å². The molecule has 7 aromatic carbocycles. The van der Waals surface area contributed by atoms with Crippen molar-refractivity contribution in [3.8, 4) is 28.7 Å². The van der Waals surface area contributed by atoms with Crippen molar-refractivity contribution in [2.24, 2.45) is 0 Å². The molecule has 8 aromatic rings. The van der Waals surface area contributed by atoms with Gasteiger partial charge in [0.1, 0.15) is 23.0 Å². The van der Waals surface area contributed by atoms with Gasteiger partial charge in [-0.05, 0) is 61.9 Å². The Kier molecular flexibility index (Phi) is 3.63. The second kappa shape index (κ2) is 7.20. The fourth-order valence-corrected chi connectivity index (χ4v) is 9.17. The quantitative estimate of drug-likeness (QED) is 0.238. The number of ether oxygens (including phenoxy) is 2. The fraction of sp³-hybridized carbons (Fsp3) is 0.0256. The van der Waals surface area contributed by atoms with Gasteiger partial charge in [0, 0.05) is 38.4 Å². The van der Waals surface area contributed by atoms with Gasteiger partial charge in [-0.25, -0.2) is 0 Å². The zero-order valence-corrected chi connectivity index (χ0v) is 23.8. The lowest BCUT2D eigenvalue weighted by atomic mass is 9.30. The molecule has 0 saturated heterocycles. The van der Waals surface area contributed by atoms with E-state index in [-0.39, 0.29) is 13.4 Å². The van der Waals surface area contributed by atoms with Crippen molar-refractivity contribution in [2.75, 3.05) is 0 Å². The molecule has 5 heterocycles. The number of hydrogen-bond acceptors (Lipinski definition) is 2. The van der Waals surface area contributed by atoms with Crippen molar-refractivity contribution in [3.63, 3.8) is 0 Å². The number of hydrogen-bond donors (Lipinski definition) is 0. The summed E-state index contributed by atoms with van der Waals surface area (Å²) in [5, 5.41) is 7.46. The minimum Gasteiger partial charge on any atom is -0.458 e. The Bertz CT molecular complexity index is 2710. The van der Waals surface area contributed by atoms with E-state index in [9.17, 15) is 0 Å². The van der Waals surface area contributed by atoms with Crippen molar-refractivity contribution in [1.29, 1.82) is 0 Å². The van der Waals surface area contributed by atoms with Gasteiger partial charge < -0.3 is 14.0 Å². The zero-order chi connectivity index (χ0) is 28.4. The van der Waals surface area contributed by atoms with Crippen LogP contribution in [0.5, 0.6) is 23.0 Å². The van der Waals surface area contributed by atoms with Crippen LogP contribution >= 0.6 is 0 Å². The van der Waals surface area contributed by atoms with Crippen LogP contribution in [0.25, 0.3) is 49.0 Å². The average Bonchev–Trinajstić information content (AvgIpc) is 3.42. The average molecular weight is 557 g/mol. The van der Waals surface area contributed by atoms with Crippen LogP contribution in [0.2, 0.25) is 0 Å². The molecular weight excluding hydrogens is 536 g/mol. The fourth-order valence-electron chi connectivity index (χ4n) is 9.17. The molecule has 1 aromatic heterocycles. The van der Waals surface area contributed by atoms with Gasteiger partial charge in [0.15, 0.2) is 0 Å². The van der Waals surface area contributed by atoms with Gasteiger partial charge in [-0.15, -0.1) is 0 Å². The van der Waals surface area contributed by atoms with E-state index in [1.165, 1.54) is 76.4 Å². The Balaban J connectivity index is 1.34. The molecule has 0 spiro atoms. The van der Waals surface area contributed by atoms with Crippen molar-refractivity contribution in [2.45, 2.75) is 6.92 Å². The number of aromatic nitrogens is 1. The Hall–Kier alpha value is -5.41. The summed E-state index contributed by atoms with van der Waals surface area (Å²) in [5.74, 6) is 3.79. The molecule has 0 amide bonds. The normalized spacial score (nSPS) is 14.3. The van der Waals surface area contributed by atoms with Crippen LogP contribution < -0.4 is 42.3 Å². The lowest BCUT2D eigenvalue weighted by molar-refractivity contribution is 0.461. The van der Waals surface area contributed by atoms with Crippen molar-refractivity contribution in [3.05, 3.63) is 115 Å². The highest BCUT2D eigenvalue weighted by Crippen LogP contribution is 2.45. The number of rotatable bonds is 0. The molecule has 4 aliphatic rings. The van der Waals surface area contributed by atoms with Crippen LogP contribution in [0, 0.1) is 6.92 Å². The third kappa shape index (κ3) is 2.28. The van der Waals surface area contributed by atoms with E-state index in [1.54, 1.807) is 0 Å². The molecule has 200 valence electrons. The minimum absolute atomic E-state index is 0.0552. The molecular formula is C39H21B2NO2. The molecule has 4 aliphatic heterocycles. The molecule has 44 heavy (non-hydrogen) atoms. The summed E-state index contributed by atoms with van der Waals surface area (Å²) >= 11 is 0. The maximum absolute atomic E-state index is 7.11. The van der Waals surface area contributed by atoms with Crippen LogP contribution in [0.4, 0.5) is 0 Å². The van der Waals surface area contributed by atoms with E-state index < -0.39 is 0 Å². The largest absolute Gasteiger partial charge is 0.458 e. The summed E-state index contributed by atoms with van der Waals surface area (Å²) in [4.78, 5) is 0. The highest BCUT2D eigenvalue weighted by molar-refractivity contribution is 7.04. The first-order valence-electron chi connectivity index (χ1n) is 15.4. The summed E-state index contributed by atoms with van der Waals surface area (Å²) in [7, 11) is 0. The highest BCUT2D eigenvalue weighted by atomic mass is 16.5. The van der Waals surface area contributed by atoms with Crippen molar-refractivity contribution >= 4 is 89.6 Å². The lowest BCUT2D eigenvalue weighted by Crippen LogP contribution is -2.65. The third-order valence-electron chi connectivity index (χ3n) is 10.8. The van der Waals surface area contributed by atoms with Crippen LogP contribution in [-0.2, 0) is 0 Å². The van der Waals surface area contributed by atoms with Crippen LogP contribution in [0.3, 0.4) is 0 Å². The number of fused-ring (bicyclic) bond motifs is 11. The molecule has 0 bridgehead atoms. The lowest BCUT2D eigenvalue weighted by Gasteiger charge is -2.41. The van der Waals surface area contributed by atoms with Crippen molar-refractivity contribution < 1.29 is 9.47 Å². The predicted molar refractivity (Wildman–Crippen MR) is 183 cm³/mol. The first kappa shape index (κ1) is 22.2. The predicted octanol–water partition coefficient (Wildman–Crippen LogP) is 5.27. The standard InChI is InChI=1S/C39H21B2NO2/c1-20-37-33-36-32-38(20)44-39-24-11-5-3-9-22(24)16-18-29(39)40(32)27-14-6-12-25-26-13-7-15-28(35(26)42(36)34(25)27)41(33)31-23-10-4-2-8-21(23)17-19-30(31)43-37/h2-19H,1H3. The summed E-state index contributed by atoms with van der Waals surface area (Å²) < 4.78 is 16.7. The molecule has 0 unspecified atom stereocenters. The van der Waals surface area contributed by atoms with Gasteiger partial charge >= 0.3 is 0 Å². The maximum Gasteiger partial charge on any atom is 0.257 e. The van der Waals surface area contributed by atoms with E-state index in [4.69, 9.17) is 9.47 Å². The monoisotopic (exact) mass is 557 g/mol. The summed E-state index contributed by atoms with van der Waals surface area (Å²) in [6.07, 6.45) is 0. The second-order valence-electron chi connectivity index (χ2n) is 12.8. The first-order valence-corrected chi connectivity index (χ1v) is 15.4. The molecule has 12 rings (SSSR count).